The third kappa shape index (κ3) is 4.96. The Kier molecular flexibility index (Phi) is 7.89. The summed E-state index contributed by atoms with van der Waals surface area (Å²) in [5, 5.41) is 4.95. The van der Waals surface area contributed by atoms with Gasteiger partial charge in [-0.1, -0.05) is 104 Å². The van der Waals surface area contributed by atoms with Crippen molar-refractivity contribution in [1.82, 2.24) is 4.98 Å². The van der Waals surface area contributed by atoms with Crippen molar-refractivity contribution in [3.8, 4) is 0 Å². The van der Waals surface area contributed by atoms with Crippen LogP contribution in [0.5, 0.6) is 0 Å². The molecular weight excluding hydrogens is 492 g/mol. The Labute approximate surface area is 216 Å². The highest BCUT2D eigenvalue weighted by Gasteiger charge is 2.14. The Hall–Kier alpha value is -3.56. The maximum absolute atomic E-state index is 3.59. The Balaban J connectivity index is 0.000000689. The molecule has 0 fully saturated rings. The van der Waals surface area contributed by atoms with Crippen molar-refractivity contribution in [3.05, 3.63) is 114 Å². The van der Waals surface area contributed by atoms with Crippen molar-refractivity contribution in [3.63, 3.8) is 0 Å². The number of para-hydroxylation sites is 1. The molecule has 6 aromatic rings. The quantitative estimate of drug-likeness (QED) is 0.244. The number of fused-ring (bicyclic) bond motifs is 4. The lowest BCUT2D eigenvalue weighted by Gasteiger charge is -2.26. The van der Waals surface area contributed by atoms with Gasteiger partial charge in [-0.2, -0.15) is 0 Å². The van der Waals surface area contributed by atoms with Crippen molar-refractivity contribution >= 4 is 65.6 Å². The molecule has 1 heterocycles. The molecule has 0 radical (unpaired) electrons. The topological polar surface area (TPSA) is 19.0 Å². The fourth-order valence-corrected chi connectivity index (χ4v) is 4.71. The van der Waals surface area contributed by atoms with E-state index in [1.807, 2.05) is 27.7 Å². The van der Waals surface area contributed by atoms with Crippen LogP contribution in [0.3, 0.4) is 0 Å². The maximum atomic E-state index is 3.59. The Morgan fingerprint density at radius 2 is 1.09 bits per heavy atom. The monoisotopic (exact) mass is 522 g/mol. The SMILES string of the molecule is Brc1ccc2c(c1)[nH]c1cc(N(c3ccccc3)c3ccc4ccccc4c3)ccc12.CC.CC. The molecule has 0 saturated carbocycles. The summed E-state index contributed by atoms with van der Waals surface area (Å²) in [5.41, 5.74) is 5.67. The predicted octanol–water partition coefficient (Wildman–Crippen LogP) is 10.8. The van der Waals surface area contributed by atoms with Crippen LogP contribution in [0.15, 0.2) is 114 Å². The lowest BCUT2D eigenvalue weighted by Crippen LogP contribution is -2.09. The van der Waals surface area contributed by atoms with Crippen LogP contribution in [0, 0.1) is 0 Å². The minimum atomic E-state index is 1.08. The average molecular weight is 524 g/mol. The Morgan fingerprint density at radius 1 is 0.514 bits per heavy atom. The average Bonchev–Trinajstić information content (AvgIpc) is 3.28. The van der Waals surface area contributed by atoms with Crippen LogP contribution in [0.4, 0.5) is 17.1 Å². The summed E-state index contributed by atoms with van der Waals surface area (Å²) in [4.78, 5) is 5.90. The van der Waals surface area contributed by atoms with Crippen LogP contribution in [-0.4, -0.2) is 4.98 Å². The van der Waals surface area contributed by atoms with E-state index in [1.54, 1.807) is 0 Å². The molecule has 1 aromatic heterocycles. The van der Waals surface area contributed by atoms with Crippen molar-refractivity contribution in [2.45, 2.75) is 27.7 Å². The second kappa shape index (κ2) is 11.2. The van der Waals surface area contributed by atoms with Crippen LogP contribution in [0.1, 0.15) is 27.7 Å². The minimum absolute atomic E-state index is 1.08. The van der Waals surface area contributed by atoms with Gasteiger partial charge in [0.25, 0.3) is 0 Å². The van der Waals surface area contributed by atoms with Gasteiger partial charge in [-0.05, 0) is 59.3 Å². The van der Waals surface area contributed by atoms with Gasteiger partial charge < -0.3 is 9.88 Å². The molecule has 35 heavy (non-hydrogen) atoms. The molecule has 0 bridgehead atoms. The van der Waals surface area contributed by atoms with Gasteiger partial charge in [-0.25, -0.2) is 0 Å². The number of hydrogen-bond donors (Lipinski definition) is 1. The second-order valence-corrected chi connectivity index (χ2v) is 8.66. The van der Waals surface area contributed by atoms with Crippen LogP contribution in [-0.2, 0) is 0 Å². The third-order valence-electron chi connectivity index (χ3n) is 5.81. The van der Waals surface area contributed by atoms with Gasteiger partial charge in [-0.3, -0.25) is 0 Å². The van der Waals surface area contributed by atoms with E-state index in [9.17, 15) is 0 Å². The predicted molar refractivity (Wildman–Crippen MR) is 158 cm³/mol. The number of hydrogen-bond acceptors (Lipinski definition) is 1. The standard InChI is InChI=1S/C28H19BrN2.2C2H6/c29-21-11-14-25-26-15-13-24(18-28(26)30-27(25)17-21)31(22-8-2-1-3-9-22)23-12-10-19-6-4-5-7-20(19)16-23;2*1-2/h1-18,30H;2*1-2H3. The van der Waals surface area contributed by atoms with Crippen molar-refractivity contribution in [1.29, 1.82) is 0 Å². The van der Waals surface area contributed by atoms with E-state index in [4.69, 9.17) is 0 Å². The summed E-state index contributed by atoms with van der Waals surface area (Å²) in [6.07, 6.45) is 0. The molecule has 2 nitrogen and oxygen atoms in total. The van der Waals surface area contributed by atoms with Gasteiger partial charge in [-0.15, -0.1) is 0 Å². The first-order valence-electron chi connectivity index (χ1n) is 12.3. The number of rotatable bonds is 3. The number of H-pyrrole nitrogens is 1. The number of anilines is 3. The summed E-state index contributed by atoms with van der Waals surface area (Å²) in [6.45, 7) is 8.00. The van der Waals surface area contributed by atoms with Crippen LogP contribution in [0.25, 0.3) is 32.6 Å². The molecule has 0 aliphatic rings. The van der Waals surface area contributed by atoms with E-state index < -0.39 is 0 Å². The molecule has 0 spiro atoms. The lowest BCUT2D eigenvalue weighted by atomic mass is 10.1. The molecule has 1 N–H and O–H groups in total. The summed E-state index contributed by atoms with van der Waals surface area (Å²) in [5.74, 6) is 0. The Morgan fingerprint density at radius 3 is 1.83 bits per heavy atom. The number of aromatic nitrogens is 1. The molecule has 0 aliphatic carbocycles. The van der Waals surface area contributed by atoms with Gasteiger partial charge in [0.2, 0.25) is 0 Å². The summed E-state index contributed by atoms with van der Waals surface area (Å²) in [7, 11) is 0. The van der Waals surface area contributed by atoms with Crippen LogP contribution in [0.2, 0.25) is 0 Å². The fourth-order valence-electron chi connectivity index (χ4n) is 4.35. The molecule has 0 unspecified atom stereocenters. The summed E-state index contributed by atoms with van der Waals surface area (Å²) >= 11 is 3.58. The van der Waals surface area contributed by atoms with Crippen molar-refractivity contribution < 1.29 is 0 Å². The van der Waals surface area contributed by atoms with Gasteiger partial charge >= 0.3 is 0 Å². The first-order valence-corrected chi connectivity index (χ1v) is 13.1. The number of nitrogens with zero attached hydrogens (tertiary/aromatic N) is 1. The van der Waals surface area contributed by atoms with E-state index in [-0.39, 0.29) is 0 Å². The van der Waals surface area contributed by atoms with Gasteiger partial charge in [0.05, 0.1) is 0 Å². The Bertz CT molecular complexity index is 1550. The normalized spacial score (nSPS) is 10.4. The third-order valence-corrected chi connectivity index (χ3v) is 6.30. The van der Waals surface area contributed by atoms with Crippen LogP contribution < -0.4 is 4.90 Å². The number of benzene rings is 5. The van der Waals surface area contributed by atoms with E-state index >= 15 is 0 Å². The minimum Gasteiger partial charge on any atom is -0.354 e. The highest BCUT2D eigenvalue weighted by molar-refractivity contribution is 9.10. The zero-order valence-electron chi connectivity index (χ0n) is 20.7. The van der Waals surface area contributed by atoms with Gasteiger partial charge in [0, 0.05) is 43.3 Å². The highest BCUT2D eigenvalue weighted by atomic mass is 79.9. The second-order valence-electron chi connectivity index (χ2n) is 7.75. The van der Waals surface area contributed by atoms with E-state index in [1.165, 1.54) is 21.5 Å². The molecule has 0 amide bonds. The molecule has 0 atom stereocenters. The first-order chi connectivity index (χ1) is 17.3. The van der Waals surface area contributed by atoms with E-state index in [0.29, 0.717) is 0 Å². The molecular formula is C32H31BrN2. The molecule has 0 saturated heterocycles. The van der Waals surface area contributed by atoms with Crippen molar-refractivity contribution in [2.24, 2.45) is 0 Å². The van der Waals surface area contributed by atoms with Gasteiger partial charge in [0.1, 0.15) is 0 Å². The summed E-state index contributed by atoms with van der Waals surface area (Å²) in [6, 6.07) is 38.7. The molecule has 5 aromatic carbocycles. The largest absolute Gasteiger partial charge is 0.354 e. The molecule has 0 aliphatic heterocycles. The van der Waals surface area contributed by atoms with Crippen molar-refractivity contribution in [2.75, 3.05) is 4.90 Å². The zero-order chi connectivity index (χ0) is 24.8. The maximum Gasteiger partial charge on any atom is 0.0485 e. The summed E-state index contributed by atoms with van der Waals surface area (Å²) < 4.78 is 1.08. The van der Waals surface area contributed by atoms with Gasteiger partial charge in [0.15, 0.2) is 0 Å². The van der Waals surface area contributed by atoms with E-state index in [2.05, 4.69) is 135 Å². The number of aromatic amines is 1. The number of nitrogens with one attached hydrogen (secondary N) is 1. The fraction of sp³-hybridized carbons (Fsp3) is 0.125. The number of halogens is 1. The molecule has 3 heteroatoms. The highest BCUT2D eigenvalue weighted by Crippen LogP contribution is 2.38. The lowest BCUT2D eigenvalue weighted by molar-refractivity contribution is 1.29. The zero-order valence-corrected chi connectivity index (χ0v) is 22.3. The molecule has 176 valence electrons. The van der Waals surface area contributed by atoms with E-state index in [0.717, 1.165) is 32.6 Å². The smallest absolute Gasteiger partial charge is 0.0485 e. The first kappa shape index (κ1) is 24.6. The van der Waals surface area contributed by atoms with Crippen LogP contribution >= 0.6 is 15.9 Å². The molecule has 6 rings (SSSR count).